The van der Waals surface area contributed by atoms with Crippen molar-refractivity contribution < 1.29 is 19.4 Å². The molecule has 1 rings (SSSR count). The zero-order chi connectivity index (χ0) is 10.6. The molecule has 1 aliphatic rings. The molecule has 1 unspecified atom stereocenters. The average Bonchev–Trinajstić information content (AvgIpc) is 2.84. The molecule has 5 nitrogen and oxygen atoms in total. The summed E-state index contributed by atoms with van der Waals surface area (Å²) in [6.45, 7) is 2.79. The first-order valence-corrected chi connectivity index (χ1v) is 4.43. The number of rotatable bonds is 6. The zero-order valence-electron chi connectivity index (χ0n) is 8.16. The second-order valence-electron chi connectivity index (χ2n) is 3.52. The Bertz CT molecular complexity index is 245. The van der Waals surface area contributed by atoms with Crippen LogP contribution in [-0.4, -0.2) is 36.4 Å². The number of hydrogen-bond donors (Lipinski definition) is 2. The highest BCUT2D eigenvalue weighted by Crippen LogP contribution is 2.29. The number of carbonyl (C=O) groups is 1. The normalized spacial score (nSPS) is 26.0. The number of epoxide rings is 1. The average molecular weight is 201 g/mol. The molecule has 3 N–H and O–H groups in total. The summed E-state index contributed by atoms with van der Waals surface area (Å²) in [5.74, 6) is -0.665. The number of primary amides is 1. The summed E-state index contributed by atoms with van der Waals surface area (Å²) in [6, 6.07) is 0. The molecule has 0 aromatic rings. The predicted octanol–water partition coefficient (Wildman–Crippen LogP) is -0.457. The van der Waals surface area contributed by atoms with E-state index in [0.717, 1.165) is 13.0 Å². The number of nitrogens with two attached hydrogens (primary N) is 1. The first-order valence-electron chi connectivity index (χ1n) is 4.43. The molecular weight excluding hydrogens is 186 g/mol. The van der Waals surface area contributed by atoms with Crippen LogP contribution in [0.4, 0.5) is 0 Å². The molecule has 14 heavy (non-hydrogen) atoms. The first-order chi connectivity index (χ1) is 6.57. The second kappa shape index (κ2) is 4.43. The number of amides is 1. The Morgan fingerprint density at radius 3 is 2.86 bits per heavy atom. The van der Waals surface area contributed by atoms with E-state index in [0.29, 0.717) is 6.61 Å². The van der Waals surface area contributed by atoms with Crippen LogP contribution >= 0.6 is 0 Å². The Labute approximate surface area is 82.5 Å². The highest BCUT2D eigenvalue weighted by molar-refractivity contribution is 5.91. The lowest BCUT2D eigenvalue weighted by Crippen LogP contribution is -2.17. The Kier molecular flexibility index (Phi) is 3.49. The summed E-state index contributed by atoms with van der Waals surface area (Å²) in [5.41, 5.74) is 4.98. The molecule has 0 spiro atoms. The van der Waals surface area contributed by atoms with Gasteiger partial charge in [-0.05, 0) is 6.92 Å². The van der Waals surface area contributed by atoms with E-state index >= 15 is 0 Å². The lowest BCUT2D eigenvalue weighted by Gasteiger charge is -2.05. The zero-order valence-corrected chi connectivity index (χ0v) is 8.16. The van der Waals surface area contributed by atoms with Crippen molar-refractivity contribution in [3.05, 3.63) is 11.8 Å². The number of hydrogen-bond acceptors (Lipinski definition) is 4. The molecule has 0 bridgehead atoms. The number of aliphatic hydroxyl groups is 1. The van der Waals surface area contributed by atoms with Crippen LogP contribution in [0.15, 0.2) is 11.8 Å². The fraction of sp³-hybridized carbons (Fsp3) is 0.667. The Morgan fingerprint density at radius 1 is 1.79 bits per heavy atom. The largest absolute Gasteiger partial charge is 0.500 e. The molecule has 0 aliphatic carbocycles. The molecule has 0 aromatic heterocycles. The van der Waals surface area contributed by atoms with Crippen molar-refractivity contribution >= 4 is 5.91 Å². The van der Waals surface area contributed by atoms with Gasteiger partial charge < -0.3 is 20.3 Å². The van der Waals surface area contributed by atoms with Crippen molar-refractivity contribution in [3.63, 3.8) is 0 Å². The van der Waals surface area contributed by atoms with Gasteiger partial charge >= 0.3 is 0 Å². The van der Waals surface area contributed by atoms with Crippen LogP contribution in [0.3, 0.4) is 0 Å². The van der Waals surface area contributed by atoms with Gasteiger partial charge in [-0.15, -0.1) is 0 Å². The fourth-order valence-corrected chi connectivity index (χ4v) is 0.875. The van der Waals surface area contributed by atoms with Gasteiger partial charge in [-0.2, -0.15) is 0 Å². The molecule has 1 heterocycles. The summed E-state index contributed by atoms with van der Waals surface area (Å²) < 4.78 is 10.2. The van der Waals surface area contributed by atoms with Crippen LogP contribution in [0.2, 0.25) is 0 Å². The molecule has 1 amide bonds. The topological polar surface area (TPSA) is 85.1 Å². The molecule has 1 saturated heterocycles. The molecule has 1 aliphatic heterocycles. The third-order valence-corrected chi connectivity index (χ3v) is 2.10. The molecule has 1 atom stereocenters. The fourth-order valence-electron chi connectivity index (χ4n) is 0.875. The number of carbonyl (C=O) groups excluding carboxylic acids is 1. The van der Waals surface area contributed by atoms with Gasteiger partial charge in [-0.3, -0.25) is 4.79 Å². The van der Waals surface area contributed by atoms with Crippen LogP contribution in [0.25, 0.3) is 0 Å². The molecule has 0 radical (unpaired) electrons. The Morgan fingerprint density at radius 2 is 2.43 bits per heavy atom. The van der Waals surface area contributed by atoms with Crippen LogP contribution in [0.5, 0.6) is 0 Å². The lowest BCUT2D eigenvalue weighted by molar-refractivity contribution is -0.115. The van der Waals surface area contributed by atoms with Crippen LogP contribution in [0, 0.1) is 0 Å². The van der Waals surface area contributed by atoms with E-state index in [1.165, 1.54) is 6.26 Å². The van der Waals surface area contributed by atoms with Gasteiger partial charge in [-0.1, -0.05) is 0 Å². The minimum atomic E-state index is -0.665. The number of aliphatic hydroxyl groups excluding tert-OH is 1. The van der Waals surface area contributed by atoms with Crippen molar-refractivity contribution in [2.75, 3.05) is 19.8 Å². The second-order valence-corrected chi connectivity index (χ2v) is 3.52. The third kappa shape index (κ3) is 3.35. The maximum atomic E-state index is 10.6. The van der Waals surface area contributed by atoms with Gasteiger partial charge in [-0.25, -0.2) is 0 Å². The predicted molar refractivity (Wildman–Crippen MR) is 49.3 cm³/mol. The SMILES string of the molecule is CC1(CCOC=C(CO)C(N)=O)CO1. The van der Waals surface area contributed by atoms with E-state index in [1.807, 2.05) is 6.92 Å². The van der Waals surface area contributed by atoms with Crippen molar-refractivity contribution in [2.45, 2.75) is 18.9 Å². The standard InChI is InChI=1S/C9H15NO4/c1-9(6-14-9)2-3-13-5-7(4-11)8(10)12/h5,11H,2-4,6H2,1H3,(H2,10,12). The Balaban J connectivity index is 2.20. The Hall–Kier alpha value is -1.07. The molecule has 5 heteroatoms. The van der Waals surface area contributed by atoms with Gasteiger partial charge in [0.05, 0.1) is 37.3 Å². The van der Waals surface area contributed by atoms with E-state index in [1.54, 1.807) is 0 Å². The molecule has 1 fully saturated rings. The molecule has 80 valence electrons. The van der Waals surface area contributed by atoms with Crippen molar-refractivity contribution in [3.8, 4) is 0 Å². The van der Waals surface area contributed by atoms with Gasteiger partial charge in [0.2, 0.25) is 5.91 Å². The summed E-state index contributed by atoms with van der Waals surface area (Å²) in [6.07, 6.45) is 1.97. The summed E-state index contributed by atoms with van der Waals surface area (Å²) in [4.78, 5) is 10.6. The van der Waals surface area contributed by atoms with Gasteiger partial charge in [0.1, 0.15) is 0 Å². The number of ether oxygens (including phenoxy) is 2. The lowest BCUT2D eigenvalue weighted by atomic mass is 10.1. The maximum Gasteiger partial charge on any atom is 0.250 e. The quantitative estimate of drug-likeness (QED) is 0.263. The highest BCUT2D eigenvalue weighted by Gasteiger charge is 2.38. The molecule has 0 aromatic carbocycles. The monoisotopic (exact) mass is 201 g/mol. The highest BCUT2D eigenvalue weighted by atomic mass is 16.6. The first kappa shape index (κ1) is 11.0. The summed E-state index contributed by atoms with van der Waals surface area (Å²) >= 11 is 0. The van der Waals surface area contributed by atoms with Crippen molar-refractivity contribution in [2.24, 2.45) is 5.73 Å². The van der Waals surface area contributed by atoms with Gasteiger partial charge in [0.15, 0.2) is 0 Å². The van der Waals surface area contributed by atoms with Gasteiger partial charge in [0, 0.05) is 6.42 Å². The van der Waals surface area contributed by atoms with E-state index in [9.17, 15) is 4.79 Å². The summed E-state index contributed by atoms with van der Waals surface area (Å²) in [7, 11) is 0. The van der Waals surface area contributed by atoms with E-state index < -0.39 is 12.5 Å². The minimum Gasteiger partial charge on any atom is -0.500 e. The van der Waals surface area contributed by atoms with Crippen LogP contribution in [-0.2, 0) is 14.3 Å². The van der Waals surface area contributed by atoms with E-state index in [2.05, 4.69) is 0 Å². The smallest absolute Gasteiger partial charge is 0.250 e. The van der Waals surface area contributed by atoms with Crippen LogP contribution < -0.4 is 5.73 Å². The third-order valence-electron chi connectivity index (χ3n) is 2.10. The van der Waals surface area contributed by atoms with Crippen LogP contribution in [0.1, 0.15) is 13.3 Å². The van der Waals surface area contributed by atoms with Crippen molar-refractivity contribution in [1.82, 2.24) is 0 Å². The summed E-state index contributed by atoms with van der Waals surface area (Å²) in [5, 5.41) is 8.69. The van der Waals surface area contributed by atoms with E-state index in [4.69, 9.17) is 20.3 Å². The molecule has 0 saturated carbocycles. The minimum absolute atomic E-state index is 0.0556. The van der Waals surface area contributed by atoms with E-state index in [-0.39, 0.29) is 11.2 Å². The maximum absolute atomic E-state index is 10.6. The van der Waals surface area contributed by atoms with Gasteiger partial charge in [0.25, 0.3) is 0 Å². The van der Waals surface area contributed by atoms with Crippen molar-refractivity contribution in [1.29, 1.82) is 0 Å². The molecular formula is C9H15NO4.